The van der Waals surface area contributed by atoms with Crippen molar-refractivity contribution in [2.75, 3.05) is 6.61 Å². The Bertz CT molecular complexity index is 228. The summed E-state index contributed by atoms with van der Waals surface area (Å²) in [6.07, 6.45) is 1.75. The van der Waals surface area contributed by atoms with Crippen LogP contribution in [0.4, 0.5) is 0 Å². The maximum atomic E-state index is 11.8. The highest BCUT2D eigenvalue weighted by atomic mass is 16.5. The summed E-state index contributed by atoms with van der Waals surface area (Å²) in [5.41, 5.74) is -0.599. The van der Waals surface area contributed by atoms with Crippen molar-refractivity contribution in [2.24, 2.45) is 0 Å². The summed E-state index contributed by atoms with van der Waals surface area (Å²) in [5.74, 6) is 5.65. The van der Waals surface area contributed by atoms with Crippen LogP contribution in [-0.4, -0.2) is 18.0 Å². The molecule has 0 saturated heterocycles. The van der Waals surface area contributed by atoms with Gasteiger partial charge in [0.2, 0.25) is 0 Å². The van der Waals surface area contributed by atoms with Crippen LogP contribution >= 0.6 is 0 Å². The molecule has 0 spiro atoms. The van der Waals surface area contributed by atoms with Crippen LogP contribution in [0.15, 0.2) is 0 Å². The first-order valence-corrected chi connectivity index (χ1v) is 5.23. The van der Waals surface area contributed by atoms with Gasteiger partial charge in [-0.3, -0.25) is 4.79 Å². The topological polar surface area (TPSA) is 26.3 Å². The number of carbonyl (C=O) groups excluding carboxylic acids is 1. The Morgan fingerprint density at radius 1 is 1.29 bits per heavy atom. The molecule has 0 aliphatic carbocycles. The smallest absolute Gasteiger partial charge is 0.176 e. The Hall–Kier alpha value is -0.810. The van der Waals surface area contributed by atoms with Crippen molar-refractivity contribution in [2.45, 2.75) is 52.6 Å². The van der Waals surface area contributed by atoms with E-state index in [1.807, 2.05) is 20.8 Å². The maximum Gasteiger partial charge on any atom is 0.176 e. The third-order valence-electron chi connectivity index (χ3n) is 2.50. The fourth-order valence-corrected chi connectivity index (χ4v) is 1.53. The highest BCUT2D eigenvalue weighted by Crippen LogP contribution is 2.23. The summed E-state index contributed by atoms with van der Waals surface area (Å²) >= 11 is 0. The number of hydrogen-bond donors (Lipinski definition) is 0. The molecule has 0 unspecified atom stereocenters. The minimum atomic E-state index is -0.599. The first-order chi connectivity index (χ1) is 6.66. The van der Waals surface area contributed by atoms with E-state index in [0.717, 1.165) is 12.8 Å². The molecule has 0 aliphatic heterocycles. The molecule has 0 aromatic rings. The predicted octanol–water partition coefficient (Wildman–Crippen LogP) is 2.56. The van der Waals surface area contributed by atoms with Crippen molar-refractivity contribution in [3.05, 3.63) is 0 Å². The van der Waals surface area contributed by atoms with Crippen molar-refractivity contribution in [3.8, 4) is 11.8 Å². The molecule has 0 rings (SSSR count). The zero-order valence-electron chi connectivity index (χ0n) is 9.64. The first kappa shape index (κ1) is 13.2. The van der Waals surface area contributed by atoms with Crippen LogP contribution in [0.3, 0.4) is 0 Å². The van der Waals surface area contributed by atoms with Gasteiger partial charge in [0.05, 0.1) is 6.42 Å². The second kappa shape index (κ2) is 6.62. The van der Waals surface area contributed by atoms with Crippen LogP contribution in [0.5, 0.6) is 0 Å². The molecule has 0 heterocycles. The van der Waals surface area contributed by atoms with Gasteiger partial charge in [0.25, 0.3) is 0 Å². The Morgan fingerprint density at radius 3 is 2.21 bits per heavy atom. The molecule has 2 heteroatoms. The minimum absolute atomic E-state index is 0.110. The van der Waals surface area contributed by atoms with E-state index in [-0.39, 0.29) is 5.78 Å². The van der Waals surface area contributed by atoms with Crippen LogP contribution in [0, 0.1) is 11.8 Å². The van der Waals surface area contributed by atoms with Crippen molar-refractivity contribution < 1.29 is 9.53 Å². The normalized spacial score (nSPS) is 10.6. The molecular formula is C12H20O2. The van der Waals surface area contributed by atoms with Gasteiger partial charge in [-0.15, -0.1) is 5.92 Å². The van der Waals surface area contributed by atoms with Gasteiger partial charge in [-0.2, -0.15) is 0 Å². The highest BCUT2D eigenvalue weighted by Gasteiger charge is 2.34. The number of hydrogen-bond acceptors (Lipinski definition) is 2. The van der Waals surface area contributed by atoms with Gasteiger partial charge in [0.15, 0.2) is 5.78 Å². The lowest BCUT2D eigenvalue weighted by Gasteiger charge is -2.29. The Labute approximate surface area is 87.0 Å². The molecule has 14 heavy (non-hydrogen) atoms. The molecule has 2 nitrogen and oxygen atoms in total. The van der Waals surface area contributed by atoms with Crippen molar-refractivity contribution in [1.29, 1.82) is 0 Å². The summed E-state index contributed by atoms with van der Waals surface area (Å²) in [6.45, 7) is 8.20. The van der Waals surface area contributed by atoms with E-state index in [1.54, 1.807) is 6.92 Å². The zero-order valence-corrected chi connectivity index (χ0v) is 9.64. The lowest BCUT2D eigenvalue weighted by atomic mass is 9.90. The van der Waals surface area contributed by atoms with E-state index in [1.165, 1.54) is 0 Å². The summed E-state index contributed by atoms with van der Waals surface area (Å²) < 4.78 is 5.57. The van der Waals surface area contributed by atoms with Gasteiger partial charge in [-0.25, -0.2) is 0 Å². The Morgan fingerprint density at radius 2 is 1.86 bits per heavy atom. The van der Waals surface area contributed by atoms with Crippen LogP contribution in [0.2, 0.25) is 0 Å². The highest BCUT2D eigenvalue weighted by molar-refractivity contribution is 5.89. The van der Waals surface area contributed by atoms with E-state index < -0.39 is 5.60 Å². The number of ether oxygens (including phenoxy) is 1. The largest absolute Gasteiger partial charge is 0.367 e. The Kier molecular flexibility index (Phi) is 6.23. The van der Waals surface area contributed by atoms with Gasteiger partial charge in [0.1, 0.15) is 5.60 Å². The quantitative estimate of drug-likeness (QED) is 0.610. The number of Topliss-reactive ketones (excluding diaryl/α,β-unsaturated/α-hetero) is 1. The van der Waals surface area contributed by atoms with E-state index >= 15 is 0 Å². The third kappa shape index (κ3) is 3.16. The van der Waals surface area contributed by atoms with Crippen LogP contribution in [0.1, 0.15) is 47.0 Å². The summed E-state index contributed by atoms with van der Waals surface area (Å²) in [6, 6.07) is 0. The third-order valence-corrected chi connectivity index (χ3v) is 2.50. The van der Waals surface area contributed by atoms with Crippen molar-refractivity contribution in [1.82, 2.24) is 0 Å². The molecule has 0 fully saturated rings. The average Bonchev–Trinajstić information content (AvgIpc) is 2.22. The fraction of sp³-hybridized carbons (Fsp3) is 0.750. The molecule has 0 amide bonds. The van der Waals surface area contributed by atoms with Gasteiger partial charge in [0, 0.05) is 6.61 Å². The molecule has 0 aliphatic rings. The molecule has 0 saturated carbocycles. The number of rotatable bonds is 6. The van der Waals surface area contributed by atoms with Gasteiger partial charge in [-0.1, -0.05) is 19.8 Å². The van der Waals surface area contributed by atoms with Crippen molar-refractivity contribution >= 4 is 5.78 Å². The van der Waals surface area contributed by atoms with Crippen LogP contribution in [0.25, 0.3) is 0 Å². The molecular weight excluding hydrogens is 176 g/mol. The second-order valence-corrected chi connectivity index (χ2v) is 3.16. The minimum Gasteiger partial charge on any atom is -0.367 e. The lowest BCUT2D eigenvalue weighted by molar-refractivity contribution is -0.144. The van der Waals surface area contributed by atoms with Gasteiger partial charge in [-0.05, 0) is 26.7 Å². The molecule has 80 valence electrons. The maximum absolute atomic E-state index is 11.8. The second-order valence-electron chi connectivity index (χ2n) is 3.16. The molecule has 0 aromatic carbocycles. The van der Waals surface area contributed by atoms with Gasteiger partial charge >= 0.3 is 0 Å². The fourth-order valence-electron chi connectivity index (χ4n) is 1.53. The summed E-state index contributed by atoms with van der Waals surface area (Å²) in [7, 11) is 0. The van der Waals surface area contributed by atoms with E-state index in [4.69, 9.17) is 4.74 Å². The standard InChI is InChI=1S/C12H20O2/c1-5-9-10-11(13)12(6-2,7-3)14-8-4/h6-8,10H2,1-4H3. The summed E-state index contributed by atoms with van der Waals surface area (Å²) in [4.78, 5) is 11.8. The van der Waals surface area contributed by atoms with Crippen molar-refractivity contribution in [3.63, 3.8) is 0 Å². The van der Waals surface area contributed by atoms with Crippen LogP contribution in [-0.2, 0) is 9.53 Å². The predicted molar refractivity (Wildman–Crippen MR) is 58.0 cm³/mol. The molecule has 0 N–H and O–H groups in total. The zero-order chi connectivity index (χ0) is 11.0. The monoisotopic (exact) mass is 196 g/mol. The number of carbonyl (C=O) groups is 1. The van der Waals surface area contributed by atoms with Gasteiger partial charge < -0.3 is 4.74 Å². The van der Waals surface area contributed by atoms with E-state index in [2.05, 4.69) is 11.8 Å². The molecule has 0 aromatic heterocycles. The molecule has 0 radical (unpaired) electrons. The van der Waals surface area contributed by atoms with E-state index in [9.17, 15) is 4.79 Å². The SMILES string of the molecule is CC#CCC(=O)C(CC)(CC)OCC. The molecule has 0 atom stereocenters. The average molecular weight is 196 g/mol. The van der Waals surface area contributed by atoms with Crippen LogP contribution < -0.4 is 0 Å². The lowest BCUT2D eigenvalue weighted by Crippen LogP contribution is -2.40. The number of ketones is 1. The Balaban J connectivity index is 4.58. The summed E-state index contributed by atoms with van der Waals surface area (Å²) in [5, 5.41) is 0. The molecule has 0 bridgehead atoms. The first-order valence-electron chi connectivity index (χ1n) is 5.23. The van der Waals surface area contributed by atoms with E-state index in [0.29, 0.717) is 13.0 Å².